The number of aryl methyl sites for hydroxylation is 2. The van der Waals surface area contributed by atoms with Gasteiger partial charge in [-0.15, -0.1) is 0 Å². The van der Waals surface area contributed by atoms with Gasteiger partial charge in [-0.2, -0.15) is 0 Å². The molecule has 2 amide bonds. The third-order valence-corrected chi connectivity index (χ3v) is 6.33. The Morgan fingerprint density at radius 2 is 1.67 bits per heavy atom. The standard InChI is InChI=1S/C25H28BrN5O2/c1-17-23(16-19-4-10-22(33-3)11-5-19)24(28-18(2)27-17)30-12-14-31(15-13-30)25(32)29-21-8-6-20(26)7-9-21/h4-11H,12-16H2,1-3H3,(H,29,32). The lowest BCUT2D eigenvalue weighted by Crippen LogP contribution is -2.50. The number of nitrogens with one attached hydrogen (secondary N) is 1. The molecule has 8 heteroatoms. The van der Waals surface area contributed by atoms with Crippen LogP contribution in [-0.4, -0.2) is 54.2 Å². The first-order valence-corrected chi connectivity index (χ1v) is 11.8. The van der Waals surface area contributed by atoms with E-state index in [9.17, 15) is 4.79 Å². The molecule has 172 valence electrons. The van der Waals surface area contributed by atoms with Crippen LogP contribution in [0.25, 0.3) is 0 Å². The van der Waals surface area contributed by atoms with Gasteiger partial charge in [0.1, 0.15) is 17.4 Å². The number of hydrogen-bond donors (Lipinski definition) is 1. The van der Waals surface area contributed by atoms with Gasteiger partial charge in [-0.1, -0.05) is 28.1 Å². The zero-order chi connectivity index (χ0) is 23.4. The van der Waals surface area contributed by atoms with Crippen LogP contribution in [0.3, 0.4) is 0 Å². The minimum atomic E-state index is -0.0783. The lowest BCUT2D eigenvalue weighted by atomic mass is 10.0. The molecule has 2 heterocycles. The SMILES string of the molecule is COc1ccc(Cc2c(C)nc(C)nc2N2CCN(C(=O)Nc3ccc(Br)cc3)CC2)cc1. The van der Waals surface area contributed by atoms with Crippen LogP contribution in [0.15, 0.2) is 53.0 Å². The van der Waals surface area contributed by atoms with Gasteiger partial charge < -0.3 is 19.9 Å². The third kappa shape index (κ3) is 5.63. The fraction of sp³-hybridized carbons (Fsp3) is 0.320. The summed E-state index contributed by atoms with van der Waals surface area (Å²) in [4.78, 5) is 26.2. The molecule has 0 atom stereocenters. The number of nitrogens with zero attached hydrogens (tertiary/aromatic N) is 4. The maximum Gasteiger partial charge on any atom is 0.321 e. The van der Waals surface area contributed by atoms with Crippen LogP contribution in [0.4, 0.5) is 16.3 Å². The van der Waals surface area contributed by atoms with E-state index in [2.05, 4.69) is 43.3 Å². The molecule has 4 rings (SSSR count). The van der Waals surface area contributed by atoms with Crippen LogP contribution in [0, 0.1) is 13.8 Å². The number of carbonyl (C=O) groups is 1. The van der Waals surface area contributed by atoms with Crippen LogP contribution in [0.1, 0.15) is 22.6 Å². The van der Waals surface area contributed by atoms with Crippen molar-refractivity contribution in [3.05, 3.63) is 75.6 Å². The normalized spacial score (nSPS) is 13.7. The molecule has 0 unspecified atom stereocenters. The summed E-state index contributed by atoms with van der Waals surface area (Å²) in [6, 6.07) is 15.6. The number of piperazine rings is 1. The van der Waals surface area contributed by atoms with Crippen molar-refractivity contribution >= 4 is 33.5 Å². The summed E-state index contributed by atoms with van der Waals surface area (Å²) in [5.74, 6) is 2.56. The number of aromatic nitrogens is 2. The third-order valence-electron chi connectivity index (χ3n) is 5.81. The van der Waals surface area contributed by atoms with E-state index in [4.69, 9.17) is 9.72 Å². The molecule has 0 aliphatic carbocycles. The number of methoxy groups -OCH3 is 1. The van der Waals surface area contributed by atoms with Gasteiger partial charge in [-0.05, 0) is 55.8 Å². The van der Waals surface area contributed by atoms with Crippen molar-refractivity contribution in [3.63, 3.8) is 0 Å². The van der Waals surface area contributed by atoms with Crippen molar-refractivity contribution in [2.75, 3.05) is 43.5 Å². The molecule has 3 aromatic rings. The van der Waals surface area contributed by atoms with E-state index in [1.165, 1.54) is 5.56 Å². The minimum Gasteiger partial charge on any atom is -0.497 e. The van der Waals surface area contributed by atoms with Crippen molar-refractivity contribution < 1.29 is 9.53 Å². The van der Waals surface area contributed by atoms with Crippen molar-refractivity contribution in [1.82, 2.24) is 14.9 Å². The molecular weight excluding hydrogens is 482 g/mol. The van der Waals surface area contributed by atoms with Gasteiger partial charge in [0, 0.05) is 54.0 Å². The first-order valence-electron chi connectivity index (χ1n) is 11.0. The molecule has 1 aliphatic heterocycles. The van der Waals surface area contributed by atoms with Gasteiger partial charge in [0.05, 0.1) is 7.11 Å². The molecule has 2 aromatic carbocycles. The first-order chi connectivity index (χ1) is 15.9. The Bertz CT molecular complexity index is 1110. The Kier molecular flexibility index (Phi) is 7.13. The zero-order valence-corrected chi connectivity index (χ0v) is 20.7. The monoisotopic (exact) mass is 509 g/mol. The van der Waals surface area contributed by atoms with E-state index in [0.717, 1.165) is 58.3 Å². The van der Waals surface area contributed by atoms with E-state index in [-0.39, 0.29) is 6.03 Å². The number of anilines is 2. The van der Waals surface area contributed by atoms with Crippen LogP contribution in [0.2, 0.25) is 0 Å². The summed E-state index contributed by atoms with van der Waals surface area (Å²) < 4.78 is 6.26. The van der Waals surface area contributed by atoms with E-state index in [1.807, 2.05) is 55.1 Å². The topological polar surface area (TPSA) is 70.6 Å². The van der Waals surface area contributed by atoms with Gasteiger partial charge in [0.2, 0.25) is 0 Å². The molecule has 1 fully saturated rings. The van der Waals surface area contributed by atoms with Crippen LogP contribution < -0.4 is 15.0 Å². The molecule has 1 saturated heterocycles. The summed E-state index contributed by atoms with van der Waals surface area (Å²) in [5, 5.41) is 2.98. The lowest BCUT2D eigenvalue weighted by Gasteiger charge is -2.36. The van der Waals surface area contributed by atoms with Crippen molar-refractivity contribution in [2.45, 2.75) is 20.3 Å². The van der Waals surface area contributed by atoms with E-state index < -0.39 is 0 Å². The number of benzene rings is 2. The molecule has 1 aliphatic rings. The number of rotatable bonds is 5. The van der Waals surface area contributed by atoms with Crippen molar-refractivity contribution in [1.29, 1.82) is 0 Å². The highest BCUT2D eigenvalue weighted by Crippen LogP contribution is 2.26. The second-order valence-corrected chi connectivity index (χ2v) is 9.01. The highest BCUT2D eigenvalue weighted by atomic mass is 79.9. The van der Waals surface area contributed by atoms with Crippen LogP contribution in [-0.2, 0) is 6.42 Å². The highest BCUT2D eigenvalue weighted by Gasteiger charge is 2.25. The Balaban J connectivity index is 1.46. The van der Waals surface area contributed by atoms with Gasteiger partial charge in [-0.25, -0.2) is 14.8 Å². The minimum absolute atomic E-state index is 0.0783. The van der Waals surface area contributed by atoms with E-state index in [1.54, 1.807) is 7.11 Å². The van der Waals surface area contributed by atoms with E-state index >= 15 is 0 Å². The largest absolute Gasteiger partial charge is 0.497 e. The average Bonchev–Trinajstić information content (AvgIpc) is 2.82. The molecule has 0 spiro atoms. The summed E-state index contributed by atoms with van der Waals surface area (Å²) in [6.45, 7) is 6.67. The Morgan fingerprint density at radius 3 is 2.30 bits per heavy atom. The average molecular weight is 510 g/mol. The van der Waals surface area contributed by atoms with Gasteiger partial charge in [-0.3, -0.25) is 0 Å². The van der Waals surface area contributed by atoms with Crippen LogP contribution >= 0.6 is 15.9 Å². The smallest absolute Gasteiger partial charge is 0.321 e. The number of hydrogen-bond acceptors (Lipinski definition) is 5. The zero-order valence-electron chi connectivity index (χ0n) is 19.1. The van der Waals surface area contributed by atoms with Gasteiger partial charge >= 0.3 is 6.03 Å². The fourth-order valence-electron chi connectivity index (χ4n) is 3.99. The highest BCUT2D eigenvalue weighted by molar-refractivity contribution is 9.10. The van der Waals surface area contributed by atoms with Crippen LogP contribution in [0.5, 0.6) is 5.75 Å². The maximum absolute atomic E-state index is 12.7. The number of urea groups is 1. The van der Waals surface area contributed by atoms with Gasteiger partial charge in [0.25, 0.3) is 0 Å². The summed E-state index contributed by atoms with van der Waals surface area (Å²) in [7, 11) is 1.67. The Labute approximate surface area is 202 Å². The molecule has 33 heavy (non-hydrogen) atoms. The predicted octanol–water partition coefficient (Wildman–Crippen LogP) is 4.81. The van der Waals surface area contributed by atoms with Gasteiger partial charge in [0.15, 0.2) is 0 Å². The molecule has 1 aromatic heterocycles. The second-order valence-electron chi connectivity index (χ2n) is 8.09. The fourth-order valence-corrected chi connectivity index (χ4v) is 4.26. The molecular formula is C25H28BrN5O2. The molecule has 0 radical (unpaired) electrons. The summed E-state index contributed by atoms with van der Waals surface area (Å²) >= 11 is 3.42. The van der Waals surface area contributed by atoms with Crippen molar-refractivity contribution in [2.24, 2.45) is 0 Å². The first kappa shape index (κ1) is 23.0. The summed E-state index contributed by atoms with van der Waals surface area (Å²) in [5.41, 5.74) is 4.08. The number of amides is 2. The quantitative estimate of drug-likeness (QED) is 0.534. The second kappa shape index (κ2) is 10.2. The number of ether oxygens (including phenoxy) is 1. The Morgan fingerprint density at radius 1 is 1.00 bits per heavy atom. The Hall–Kier alpha value is -3.13. The molecule has 0 bridgehead atoms. The number of halogens is 1. The van der Waals surface area contributed by atoms with Crippen molar-refractivity contribution in [3.8, 4) is 5.75 Å². The molecule has 7 nitrogen and oxygen atoms in total. The molecule has 1 N–H and O–H groups in total. The lowest BCUT2D eigenvalue weighted by molar-refractivity contribution is 0.208. The van der Waals surface area contributed by atoms with E-state index in [0.29, 0.717) is 13.1 Å². The predicted molar refractivity (Wildman–Crippen MR) is 134 cm³/mol. The molecule has 0 saturated carbocycles. The maximum atomic E-state index is 12.7. The summed E-state index contributed by atoms with van der Waals surface area (Å²) in [6.07, 6.45) is 0.746. The number of carbonyl (C=O) groups excluding carboxylic acids is 1.